The fourth-order valence-corrected chi connectivity index (χ4v) is 0.871. The van der Waals surface area contributed by atoms with Crippen molar-refractivity contribution in [3.63, 3.8) is 0 Å². The van der Waals surface area contributed by atoms with Crippen LogP contribution in [0.25, 0.3) is 11.4 Å². The second-order valence-electron chi connectivity index (χ2n) is 2.10. The first-order chi connectivity index (χ1) is 5.47. The maximum Gasteiger partial charge on any atom is 1.00 e. The van der Waals surface area contributed by atoms with Crippen molar-refractivity contribution in [2.75, 3.05) is 0 Å². The molecule has 2 aromatic rings. The molecule has 0 aliphatic heterocycles. The van der Waals surface area contributed by atoms with Crippen molar-refractivity contribution in [1.82, 2.24) is 20.6 Å². The quantitative estimate of drug-likeness (QED) is 0.516. The summed E-state index contributed by atoms with van der Waals surface area (Å²) in [5.41, 5.74) is 0.973. The van der Waals surface area contributed by atoms with Crippen LogP contribution in [0.3, 0.4) is 0 Å². The number of nitrogens with zero attached hydrogens (tertiary/aromatic N) is 3. The van der Waals surface area contributed by atoms with Gasteiger partial charge in [0.15, 0.2) is 0 Å². The van der Waals surface area contributed by atoms with Gasteiger partial charge in [0, 0.05) is 5.56 Å². The SMILES string of the molecule is [K+].c1ccc(-c2nn[nH]n2)cc1. The Kier molecular flexibility index (Phi) is 4.03. The molecule has 0 saturated carbocycles. The molecular weight excluding hydrogens is 179 g/mol. The zero-order chi connectivity index (χ0) is 7.52. The first kappa shape index (κ1) is 10.0. The summed E-state index contributed by atoms with van der Waals surface area (Å²) in [6, 6.07) is 9.69. The molecule has 0 bridgehead atoms. The minimum atomic E-state index is 0. The van der Waals surface area contributed by atoms with Gasteiger partial charge in [0.2, 0.25) is 5.82 Å². The minimum absolute atomic E-state index is 0. The zero-order valence-corrected chi connectivity index (χ0v) is 9.85. The van der Waals surface area contributed by atoms with Crippen LogP contribution in [0.4, 0.5) is 0 Å². The average molecular weight is 185 g/mol. The molecule has 1 aromatic heterocycles. The van der Waals surface area contributed by atoms with Gasteiger partial charge < -0.3 is 0 Å². The molecule has 1 heterocycles. The minimum Gasteiger partial charge on any atom is -0.177 e. The summed E-state index contributed by atoms with van der Waals surface area (Å²) in [5, 5.41) is 13.5. The fraction of sp³-hybridized carbons (Fsp3) is 0. The molecule has 0 aliphatic rings. The van der Waals surface area contributed by atoms with E-state index in [4.69, 9.17) is 0 Å². The Morgan fingerprint density at radius 3 is 2.42 bits per heavy atom. The van der Waals surface area contributed by atoms with E-state index in [2.05, 4.69) is 20.6 Å². The Morgan fingerprint density at radius 1 is 1.08 bits per heavy atom. The smallest absolute Gasteiger partial charge is 0.177 e. The van der Waals surface area contributed by atoms with E-state index in [0.717, 1.165) is 5.56 Å². The molecule has 4 nitrogen and oxygen atoms in total. The predicted octanol–water partition coefficient (Wildman–Crippen LogP) is -2.13. The number of nitrogens with one attached hydrogen (secondary N) is 1. The first-order valence-corrected chi connectivity index (χ1v) is 3.26. The molecule has 12 heavy (non-hydrogen) atoms. The van der Waals surface area contributed by atoms with Gasteiger partial charge in [-0.15, -0.1) is 10.2 Å². The summed E-state index contributed by atoms with van der Waals surface area (Å²) in [6.45, 7) is 0. The number of aromatic nitrogens is 4. The monoisotopic (exact) mass is 185 g/mol. The van der Waals surface area contributed by atoms with Gasteiger partial charge in [-0.1, -0.05) is 30.3 Å². The fourth-order valence-electron chi connectivity index (χ4n) is 0.871. The molecule has 5 heteroatoms. The Morgan fingerprint density at radius 2 is 1.83 bits per heavy atom. The van der Waals surface area contributed by atoms with E-state index in [1.807, 2.05) is 30.3 Å². The molecule has 0 spiro atoms. The maximum atomic E-state index is 3.84. The molecule has 0 atom stereocenters. The van der Waals surface area contributed by atoms with Gasteiger partial charge in [0.25, 0.3) is 0 Å². The van der Waals surface area contributed by atoms with Crippen LogP contribution in [-0.4, -0.2) is 20.6 Å². The summed E-state index contributed by atoms with van der Waals surface area (Å²) in [6.07, 6.45) is 0. The molecule has 2 rings (SSSR count). The van der Waals surface area contributed by atoms with Crippen molar-refractivity contribution in [3.05, 3.63) is 30.3 Å². The molecule has 0 amide bonds. The van der Waals surface area contributed by atoms with Gasteiger partial charge in [0.05, 0.1) is 0 Å². The summed E-state index contributed by atoms with van der Waals surface area (Å²) in [7, 11) is 0. The normalized spacial score (nSPS) is 9.00. The number of hydrogen-bond donors (Lipinski definition) is 1. The second-order valence-corrected chi connectivity index (χ2v) is 2.10. The first-order valence-electron chi connectivity index (χ1n) is 3.26. The summed E-state index contributed by atoms with van der Waals surface area (Å²) < 4.78 is 0. The van der Waals surface area contributed by atoms with Crippen molar-refractivity contribution in [1.29, 1.82) is 0 Å². The third-order valence-electron chi connectivity index (χ3n) is 1.38. The van der Waals surface area contributed by atoms with Crippen molar-refractivity contribution in [2.45, 2.75) is 0 Å². The number of rotatable bonds is 1. The van der Waals surface area contributed by atoms with Crippen molar-refractivity contribution >= 4 is 0 Å². The van der Waals surface area contributed by atoms with Crippen LogP contribution in [0.1, 0.15) is 0 Å². The van der Waals surface area contributed by atoms with Gasteiger partial charge in [-0.25, -0.2) is 0 Å². The molecule has 0 fully saturated rings. The Bertz CT molecular complexity index is 318. The topological polar surface area (TPSA) is 54.5 Å². The maximum absolute atomic E-state index is 3.84. The molecular formula is C7H6KN4+. The predicted molar refractivity (Wildman–Crippen MR) is 39.6 cm³/mol. The average Bonchev–Trinajstić information content (AvgIpc) is 2.58. The van der Waals surface area contributed by atoms with E-state index < -0.39 is 0 Å². The van der Waals surface area contributed by atoms with Crippen LogP contribution < -0.4 is 51.4 Å². The van der Waals surface area contributed by atoms with E-state index >= 15 is 0 Å². The van der Waals surface area contributed by atoms with E-state index in [9.17, 15) is 0 Å². The van der Waals surface area contributed by atoms with Crippen molar-refractivity contribution < 1.29 is 51.4 Å². The van der Waals surface area contributed by atoms with E-state index in [-0.39, 0.29) is 51.4 Å². The summed E-state index contributed by atoms with van der Waals surface area (Å²) in [5.74, 6) is 0.630. The van der Waals surface area contributed by atoms with Crippen LogP contribution in [-0.2, 0) is 0 Å². The number of hydrogen-bond acceptors (Lipinski definition) is 3. The van der Waals surface area contributed by atoms with Gasteiger partial charge in [0.1, 0.15) is 0 Å². The molecule has 54 valence electrons. The van der Waals surface area contributed by atoms with Gasteiger partial charge in [-0.2, -0.15) is 5.21 Å². The third-order valence-corrected chi connectivity index (χ3v) is 1.38. The van der Waals surface area contributed by atoms with Crippen molar-refractivity contribution in [3.8, 4) is 11.4 Å². The molecule has 1 aromatic carbocycles. The molecule has 0 aliphatic carbocycles. The second kappa shape index (κ2) is 4.83. The number of aromatic amines is 1. The molecule has 0 radical (unpaired) electrons. The molecule has 1 N–H and O–H groups in total. The van der Waals surface area contributed by atoms with E-state index in [1.54, 1.807) is 0 Å². The Hall–Kier alpha value is -0.0736. The standard InChI is InChI=1S/C7H6N4.K/c1-2-4-6(5-3-1)7-8-10-11-9-7;/h1-5H,(H,8,9,10,11);/q;+1. The Balaban J connectivity index is 0.000000720. The van der Waals surface area contributed by atoms with Gasteiger partial charge in [-0.3, -0.25) is 0 Å². The number of tetrazole rings is 1. The summed E-state index contributed by atoms with van der Waals surface area (Å²) in [4.78, 5) is 0. The summed E-state index contributed by atoms with van der Waals surface area (Å²) >= 11 is 0. The van der Waals surface area contributed by atoms with Crippen LogP contribution in [0, 0.1) is 0 Å². The van der Waals surface area contributed by atoms with Crippen LogP contribution in [0.5, 0.6) is 0 Å². The van der Waals surface area contributed by atoms with E-state index in [0.29, 0.717) is 5.82 Å². The van der Waals surface area contributed by atoms with Gasteiger partial charge in [-0.05, 0) is 5.21 Å². The molecule has 0 unspecified atom stereocenters. The molecule has 0 saturated heterocycles. The van der Waals surface area contributed by atoms with E-state index in [1.165, 1.54) is 0 Å². The zero-order valence-electron chi connectivity index (χ0n) is 6.73. The number of H-pyrrole nitrogens is 1. The number of benzene rings is 1. The Labute approximate surface area is 112 Å². The largest absolute Gasteiger partial charge is 1.00 e. The third kappa shape index (κ3) is 2.21. The van der Waals surface area contributed by atoms with Crippen LogP contribution in [0.15, 0.2) is 30.3 Å². The van der Waals surface area contributed by atoms with Crippen molar-refractivity contribution in [2.24, 2.45) is 0 Å². The van der Waals surface area contributed by atoms with Gasteiger partial charge >= 0.3 is 51.4 Å². The van der Waals surface area contributed by atoms with Crippen LogP contribution in [0.2, 0.25) is 0 Å². The van der Waals surface area contributed by atoms with Crippen LogP contribution >= 0.6 is 0 Å².